The molecule has 0 fully saturated rings. The highest BCUT2D eigenvalue weighted by atomic mass is 79.9. The zero-order valence-electron chi connectivity index (χ0n) is 24.0. The predicted octanol–water partition coefficient (Wildman–Crippen LogP) is 4.91. The Kier molecular flexibility index (Phi) is 10.8. The van der Waals surface area contributed by atoms with Crippen molar-refractivity contribution in [3.05, 3.63) is 82.3 Å². The number of carbonyl (C=O) groups excluding carboxylic acids is 2. The number of hydrogen-bond acceptors (Lipinski definition) is 6. The van der Waals surface area contributed by atoms with Gasteiger partial charge in [0.25, 0.3) is 10.0 Å². The quantitative estimate of drug-likeness (QED) is 0.300. The van der Waals surface area contributed by atoms with Gasteiger partial charge in [0.15, 0.2) is 11.5 Å². The van der Waals surface area contributed by atoms with Crippen molar-refractivity contribution in [3.63, 3.8) is 0 Å². The minimum atomic E-state index is -4.20. The van der Waals surface area contributed by atoms with E-state index in [9.17, 15) is 18.0 Å². The third-order valence-electron chi connectivity index (χ3n) is 6.41. The Morgan fingerprint density at radius 1 is 0.902 bits per heavy atom. The molecule has 0 radical (unpaired) electrons. The molecule has 9 nitrogen and oxygen atoms in total. The Labute approximate surface area is 250 Å². The van der Waals surface area contributed by atoms with Crippen LogP contribution in [0.3, 0.4) is 0 Å². The number of sulfonamides is 1. The van der Waals surface area contributed by atoms with Gasteiger partial charge in [-0.3, -0.25) is 13.9 Å². The first-order chi connectivity index (χ1) is 19.4. The molecule has 3 aromatic carbocycles. The second-order valence-electron chi connectivity index (χ2n) is 9.85. The number of nitrogens with zero attached hydrogens (tertiary/aromatic N) is 2. The molecule has 2 amide bonds. The molecule has 1 N–H and O–H groups in total. The van der Waals surface area contributed by atoms with E-state index in [2.05, 4.69) is 21.2 Å². The molecule has 0 aromatic heterocycles. The summed E-state index contributed by atoms with van der Waals surface area (Å²) in [6, 6.07) is 17.4. The largest absolute Gasteiger partial charge is 0.493 e. The normalized spacial score (nSPS) is 12.0. The van der Waals surface area contributed by atoms with Crippen LogP contribution in [-0.2, 0) is 26.2 Å². The number of aryl methyl sites for hydroxylation is 1. The smallest absolute Gasteiger partial charge is 0.264 e. The monoisotopic (exact) mass is 645 g/mol. The zero-order valence-corrected chi connectivity index (χ0v) is 26.5. The molecule has 0 aliphatic carbocycles. The molecular weight excluding hydrogens is 610 g/mol. The summed E-state index contributed by atoms with van der Waals surface area (Å²) in [7, 11) is -1.28. The van der Waals surface area contributed by atoms with Gasteiger partial charge < -0.3 is 19.7 Å². The average Bonchev–Trinajstić information content (AvgIpc) is 2.94. The van der Waals surface area contributed by atoms with Gasteiger partial charge in [-0.25, -0.2) is 8.42 Å². The van der Waals surface area contributed by atoms with Crippen LogP contribution in [0, 0.1) is 6.92 Å². The minimum Gasteiger partial charge on any atom is -0.493 e. The number of hydrogen-bond donors (Lipinski definition) is 1. The van der Waals surface area contributed by atoms with Crippen LogP contribution in [0.4, 0.5) is 5.69 Å². The fourth-order valence-electron chi connectivity index (χ4n) is 4.12. The molecule has 41 heavy (non-hydrogen) atoms. The third kappa shape index (κ3) is 8.01. The van der Waals surface area contributed by atoms with Crippen LogP contribution >= 0.6 is 15.9 Å². The van der Waals surface area contributed by atoms with Crippen molar-refractivity contribution in [3.8, 4) is 11.5 Å². The Hall–Kier alpha value is -3.57. The molecule has 3 rings (SSSR count). The van der Waals surface area contributed by atoms with Crippen LogP contribution in [0.25, 0.3) is 0 Å². The number of halogens is 1. The number of amides is 2. The van der Waals surface area contributed by atoms with Crippen molar-refractivity contribution in [2.75, 3.05) is 25.1 Å². The fourth-order valence-corrected chi connectivity index (χ4v) is 5.79. The molecule has 0 aliphatic heterocycles. The molecule has 11 heteroatoms. The first-order valence-electron chi connectivity index (χ1n) is 13.0. The highest BCUT2D eigenvalue weighted by molar-refractivity contribution is 9.10. The maximum Gasteiger partial charge on any atom is 0.264 e. The predicted molar refractivity (Wildman–Crippen MR) is 163 cm³/mol. The van der Waals surface area contributed by atoms with Crippen molar-refractivity contribution in [1.29, 1.82) is 0 Å². The van der Waals surface area contributed by atoms with E-state index in [0.717, 1.165) is 19.9 Å². The second-order valence-corrected chi connectivity index (χ2v) is 12.6. The van der Waals surface area contributed by atoms with E-state index >= 15 is 0 Å². The van der Waals surface area contributed by atoms with Gasteiger partial charge in [-0.2, -0.15) is 0 Å². The molecule has 0 bridgehead atoms. The number of rotatable bonds is 12. The lowest BCUT2D eigenvalue weighted by molar-refractivity contribution is -0.139. The van der Waals surface area contributed by atoms with Gasteiger partial charge in [0.05, 0.1) is 24.8 Å². The summed E-state index contributed by atoms with van der Waals surface area (Å²) >= 11 is 3.41. The van der Waals surface area contributed by atoms with Crippen LogP contribution in [0.1, 0.15) is 31.9 Å². The standard InChI is InChI=1S/C30H36BrN3O6S/c1-20(2)32-30(36)22(4)33(18-23-9-11-24(31)12-10-23)29(35)19-34(25-13-16-27(39-5)28(17-25)40-6)41(37,38)26-14-7-21(3)8-15-26/h7-17,20,22H,18-19H2,1-6H3,(H,32,36). The van der Waals surface area contributed by atoms with Crippen LogP contribution in [0.5, 0.6) is 11.5 Å². The maximum atomic E-state index is 14.0. The van der Waals surface area contributed by atoms with Crippen LogP contribution in [-0.4, -0.2) is 58.0 Å². The third-order valence-corrected chi connectivity index (χ3v) is 8.72. The van der Waals surface area contributed by atoms with E-state index in [1.165, 1.54) is 37.3 Å². The molecule has 1 atom stereocenters. The van der Waals surface area contributed by atoms with Crippen molar-refractivity contribution in [2.24, 2.45) is 0 Å². The highest BCUT2D eigenvalue weighted by Crippen LogP contribution is 2.34. The SMILES string of the molecule is COc1ccc(N(CC(=O)N(Cc2ccc(Br)cc2)C(C)C(=O)NC(C)C)S(=O)(=O)c2ccc(C)cc2)cc1OC. The van der Waals surface area contributed by atoms with Gasteiger partial charge in [0.1, 0.15) is 12.6 Å². The van der Waals surface area contributed by atoms with Gasteiger partial charge in [-0.1, -0.05) is 45.8 Å². The topological polar surface area (TPSA) is 105 Å². The molecule has 0 heterocycles. The molecular formula is C30H36BrN3O6S. The van der Waals surface area contributed by atoms with Gasteiger partial charge in [0.2, 0.25) is 11.8 Å². The summed E-state index contributed by atoms with van der Waals surface area (Å²) in [6.07, 6.45) is 0. The summed E-state index contributed by atoms with van der Waals surface area (Å²) in [5, 5.41) is 2.84. The summed E-state index contributed by atoms with van der Waals surface area (Å²) < 4.78 is 40.6. The lowest BCUT2D eigenvalue weighted by Crippen LogP contribution is -2.52. The van der Waals surface area contributed by atoms with E-state index in [0.29, 0.717) is 11.5 Å². The van der Waals surface area contributed by atoms with Crippen LogP contribution in [0.15, 0.2) is 76.1 Å². The molecule has 0 saturated carbocycles. The van der Waals surface area contributed by atoms with E-state index < -0.39 is 28.5 Å². The van der Waals surface area contributed by atoms with E-state index in [1.54, 1.807) is 31.2 Å². The van der Waals surface area contributed by atoms with Gasteiger partial charge in [-0.05, 0) is 69.7 Å². The van der Waals surface area contributed by atoms with E-state index in [4.69, 9.17) is 9.47 Å². The molecule has 3 aromatic rings. The van der Waals surface area contributed by atoms with Crippen molar-refractivity contribution in [2.45, 2.75) is 51.2 Å². The number of ether oxygens (including phenoxy) is 2. The number of anilines is 1. The number of carbonyl (C=O) groups is 2. The number of benzene rings is 3. The minimum absolute atomic E-state index is 0.0238. The Bertz CT molecular complexity index is 1460. The Balaban J connectivity index is 2.08. The highest BCUT2D eigenvalue weighted by Gasteiger charge is 2.33. The van der Waals surface area contributed by atoms with Gasteiger partial charge >= 0.3 is 0 Å². The summed E-state index contributed by atoms with van der Waals surface area (Å²) in [5.41, 5.74) is 1.88. The molecule has 0 saturated heterocycles. The second kappa shape index (κ2) is 13.9. The van der Waals surface area contributed by atoms with Crippen LogP contribution < -0.4 is 19.1 Å². The first kappa shape index (κ1) is 32.0. The number of nitrogens with one attached hydrogen (secondary N) is 1. The Morgan fingerprint density at radius 3 is 2.07 bits per heavy atom. The lowest BCUT2D eigenvalue weighted by Gasteiger charge is -2.32. The van der Waals surface area contributed by atoms with E-state index in [1.807, 2.05) is 45.0 Å². The zero-order chi connectivity index (χ0) is 30.3. The first-order valence-corrected chi connectivity index (χ1v) is 15.3. The maximum absolute atomic E-state index is 14.0. The van der Waals surface area contributed by atoms with Crippen molar-refractivity contribution >= 4 is 43.5 Å². The summed E-state index contributed by atoms with van der Waals surface area (Å²) in [6.45, 7) is 6.70. The molecule has 1 unspecified atom stereocenters. The molecule has 0 spiro atoms. The lowest BCUT2D eigenvalue weighted by atomic mass is 10.1. The molecule has 220 valence electrons. The van der Waals surface area contributed by atoms with Gasteiger partial charge in [-0.15, -0.1) is 0 Å². The van der Waals surface area contributed by atoms with Crippen molar-refractivity contribution in [1.82, 2.24) is 10.2 Å². The summed E-state index contributed by atoms with van der Waals surface area (Å²) in [4.78, 5) is 28.5. The van der Waals surface area contributed by atoms with Gasteiger partial charge in [0, 0.05) is 23.1 Å². The summed E-state index contributed by atoms with van der Waals surface area (Å²) in [5.74, 6) is -0.182. The molecule has 0 aliphatic rings. The van der Waals surface area contributed by atoms with Crippen molar-refractivity contribution < 1.29 is 27.5 Å². The Morgan fingerprint density at radius 2 is 1.51 bits per heavy atom. The number of methoxy groups -OCH3 is 2. The van der Waals surface area contributed by atoms with Crippen LogP contribution in [0.2, 0.25) is 0 Å². The van der Waals surface area contributed by atoms with E-state index in [-0.39, 0.29) is 29.1 Å². The average molecular weight is 647 g/mol. The fraction of sp³-hybridized carbons (Fsp3) is 0.333.